The molecule has 0 aromatic heterocycles. The van der Waals surface area contributed by atoms with E-state index in [1.54, 1.807) is 0 Å². The second kappa shape index (κ2) is 7.89. The zero-order valence-corrected chi connectivity index (χ0v) is 10.7. The number of hydrogen-bond acceptors (Lipinski definition) is 1. The minimum Gasteiger partial charge on any atom is -0.388 e. The molecule has 0 fully saturated rings. The molecule has 1 N–H and O–H groups in total. The van der Waals surface area contributed by atoms with E-state index in [-0.39, 0.29) is 0 Å². The summed E-state index contributed by atoms with van der Waals surface area (Å²) in [6, 6.07) is 9.89. The third kappa shape index (κ3) is 4.60. The van der Waals surface area contributed by atoms with Gasteiger partial charge in [-0.3, -0.25) is 0 Å². The molecule has 0 aliphatic carbocycles. The van der Waals surface area contributed by atoms with Crippen molar-refractivity contribution >= 4 is 5.57 Å². The maximum absolute atomic E-state index is 10.1. The second-order valence-corrected chi connectivity index (χ2v) is 4.32. The molecule has 1 unspecified atom stereocenters. The van der Waals surface area contributed by atoms with Gasteiger partial charge in [-0.25, -0.2) is 0 Å². The predicted octanol–water partition coefficient (Wildman–Crippen LogP) is 4.19. The highest BCUT2D eigenvalue weighted by Gasteiger charge is 2.11. The third-order valence-electron chi connectivity index (χ3n) is 2.94. The monoisotopic (exact) mass is 230 g/mol. The summed E-state index contributed by atoms with van der Waals surface area (Å²) in [5.41, 5.74) is 4.72. The van der Waals surface area contributed by atoms with Gasteiger partial charge >= 0.3 is 0 Å². The Morgan fingerprint density at radius 1 is 1.24 bits per heavy atom. The molecule has 0 saturated carbocycles. The summed E-state index contributed by atoms with van der Waals surface area (Å²) in [4.78, 5) is 0. The van der Waals surface area contributed by atoms with Crippen molar-refractivity contribution in [2.45, 2.75) is 45.1 Å². The van der Waals surface area contributed by atoms with Crippen LogP contribution in [0.4, 0.5) is 0 Å². The largest absolute Gasteiger partial charge is 0.388 e. The summed E-state index contributed by atoms with van der Waals surface area (Å²) < 4.78 is 0. The van der Waals surface area contributed by atoms with E-state index < -0.39 is 6.10 Å². The fraction of sp³-hybridized carbons (Fsp3) is 0.438. The zero-order chi connectivity index (χ0) is 12.5. The lowest BCUT2D eigenvalue weighted by Gasteiger charge is -2.13. The van der Waals surface area contributed by atoms with Crippen LogP contribution in [-0.4, -0.2) is 11.2 Å². The molecule has 0 heterocycles. The van der Waals surface area contributed by atoms with Gasteiger partial charge in [0.2, 0.25) is 0 Å². The molecule has 1 heteroatoms. The Hall–Kier alpha value is -1.30. The smallest absolute Gasteiger partial charge is 0.0867 e. The lowest BCUT2D eigenvalue weighted by Crippen LogP contribution is -2.08. The summed E-state index contributed by atoms with van der Waals surface area (Å²) in [5, 5.41) is 10.1. The van der Waals surface area contributed by atoms with E-state index in [0.29, 0.717) is 0 Å². The zero-order valence-electron chi connectivity index (χ0n) is 10.7. The summed E-state index contributed by atoms with van der Waals surface area (Å²) >= 11 is 0. The fourth-order valence-corrected chi connectivity index (χ4v) is 1.94. The average molecular weight is 230 g/mol. The Morgan fingerprint density at radius 2 is 1.94 bits per heavy atom. The highest BCUT2D eigenvalue weighted by atomic mass is 16.3. The van der Waals surface area contributed by atoms with Gasteiger partial charge in [-0.05, 0) is 12.0 Å². The molecule has 17 heavy (non-hydrogen) atoms. The van der Waals surface area contributed by atoms with Crippen molar-refractivity contribution in [3.63, 3.8) is 0 Å². The molecule has 0 aliphatic rings. The van der Waals surface area contributed by atoms with Gasteiger partial charge < -0.3 is 5.11 Å². The minimum absolute atomic E-state index is 0.438. The van der Waals surface area contributed by atoms with Gasteiger partial charge in [0, 0.05) is 5.57 Å². The van der Waals surface area contributed by atoms with E-state index in [2.05, 4.69) is 19.2 Å². The van der Waals surface area contributed by atoms with Crippen LogP contribution in [0, 0.1) is 0 Å². The van der Waals surface area contributed by atoms with E-state index in [1.807, 2.05) is 30.3 Å². The van der Waals surface area contributed by atoms with Gasteiger partial charge in [0.15, 0.2) is 0 Å². The van der Waals surface area contributed by atoms with Crippen molar-refractivity contribution in [3.8, 4) is 0 Å². The quantitative estimate of drug-likeness (QED) is 0.550. The molecule has 1 aromatic carbocycles. The Labute approximate surface area is 104 Å². The van der Waals surface area contributed by atoms with Gasteiger partial charge in [0.05, 0.1) is 6.10 Å². The van der Waals surface area contributed by atoms with Crippen molar-refractivity contribution in [2.75, 3.05) is 0 Å². The summed E-state index contributed by atoms with van der Waals surface area (Å²) in [7, 11) is 0. The number of aliphatic hydroxyl groups excluding tert-OH is 1. The molecule has 1 atom stereocenters. The minimum atomic E-state index is -0.438. The Balaban J connectivity index is 2.54. The number of aliphatic hydroxyl groups is 1. The number of hydrogen-bond donors (Lipinski definition) is 1. The lowest BCUT2D eigenvalue weighted by atomic mass is 9.97. The van der Waals surface area contributed by atoms with E-state index in [0.717, 1.165) is 24.0 Å². The first-order valence-corrected chi connectivity index (χ1v) is 6.43. The van der Waals surface area contributed by atoms with Crippen molar-refractivity contribution < 1.29 is 5.11 Å². The average Bonchev–Trinajstić information content (AvgIpc) is 2.37. The molecular formula is C16H22O. The highest BCUT2D eigenvalue weighted by molar-refractivity contribution is 5.67. The second-order valence-electron chi connectivity index (χ2n) is 4.32. The molecular weight excluding hydrogens is 208 g/mol. The van der Waals surface area contributed by atoms with Crippen LogP contribution in [0.1, 0.15) is 44.6 Å². The number of benzene rings is 1. The normalized spacial score (nSPS) is 11.9. The van der Waals surface area contributed by atoms with E-state index in [4.69, 9.17) is 0 Å². The van der Waals surface area contributed by atoms with Gasteiger partial charge in [-0.15, -0.1) is 5.73 Å². The van der Waals surface area contributed by atoms with Crippen LogP contribution < -0.4 is 0 Å². The maximum atomic E-state index is 10.1. The summed E-state index contributed by atoms with van der Waals surface area (Å²) in [6.45, 7) is 5.87. The number of rotatable bonds is 7. The highest BCUT2D eigenvalue weighted by Crippen LogP contribution is 2.20. The van der Waals surface area contributed by atoms with Gasteiger partial charge in [-0.2, -0.15) is 0 Å². The van der Waals surface area contributed by atoms with Crippen molar-refractivity contribution in [3.05, 3.63) is 48.2 Å². The maximum Gasteiger partial charge on any atom is 0.0867 e. The van der Waals surface area contributed by atoms with Crippen molar-refractivity contribution in [2.24, 2.45) is 0 Å². The van der Waals surface area contributed by atoms with E-state index in [9.17, 15) is 5.11 Å². The van der Waals surface area contributed by atoms with Crippen LogP contribution in [0.2, 0.25) is 0 Å². The molecule has 0 aliphatic heterocycles. The number of unbranched alkanes of at least 4 members (excludes halogenated alkanes) is 3. The molecule has 0 amide bonds. The Morgan fingerprint density at radius 3 is 2.53 bits per heavy atom. The van der Waals surface area contributed by atoms with Gasteiger partial charge in [0.25, 0.3) is 0 Å². The molecule has 1 nitrogen and oxygen atoms in total. The Bertz CT molecular complexity index is 360. The van der Waals surface area contributed by atoms with Crippen LogP contribution >= 0.6 is 0 Å². The molecule has 92 valence electrons. The molecule has 0 spiro atoms. The van der Waals surface area contributed by atoms with Gasteiger partial charge in [0.1, 0.15) is 0 Å². The van der Waals surface area contributed by atoms with Crippen LogP contribution in [0.25, 0.3) is 5.57 Å². The molecule has 1 aromatic rings. The van der Waals surface area contributed by atoms with Crippen molar-refractivity contribution in [1.29, 1.82) is 0 Å². The summed E-state index contributed by atoms with van der Waals surface area (Å²) in [6.07, 6.45) is 5.07. The first-order valence-electron chi connectivity index (χ1n) is 6.43. The lowest BCUT2D eigenvalue weighted by molar-refractivity contribution is 0.217. The Kier molecular flexibility index (Phi) is 6.39. The van der Waals surface area contributed by atoms with E-state index >= 15 is 0 Å². The third-order valence-corrected chi connectivity index (χ3v) is 2.94. The molecule has 0 radical (unpaired) electrons. The van der Waals surface area contributed by atoms with Gasteiger partial charge in [-0.1, -0.05) is 69.5 Å². The SMILES string of the molecule is C=C=C(c1ccccc1)C(O)CCCCCC. The fourth-order valence-electron chi connectivity index (χ4n) is 1.94. The van der Waals surface area contributed by atoms with Crippen LogP contribution in [0.3, 0.4) is 0 Å². The first kappa shape index (κ1) is 13.8. The van der Waals surface area contributed by atoms with E-state index in [1.165, 1.54) is 19.3 Å². The standard InChI is InChI=1S/C16H22O/c1-3-5-6-10-13-16(17)15(4-2)14-11-8-7-9-12-14/h7-9,11-12,16-17H,2-3,5-6,10,13H2,1H3. The first-order chi connectivity index (χ1) is 8.29. The predicted molar refractivity (Wildman–Crippen MR) is 73.8 cm³/mol. The molecule has 0 saturated heterocycles. The van der Waals surface area contributed by atoms with Crippen molar-refractivity contribution in [1.82, 2.24) is 0 Å². The summed E-state index contributed by atoms with van der Waals surface area (Å²) in [5.74, 6) is 0. The van der Waals surface area contributed by atoms with Crippen LogP contribution in [0.15, 0.2) is 42.6 Å². The molecule has 1 rings (SSSR count). The van der Waals surface area contributed by atoms with Crippen LogP contribution in [0.5, 0.6) is 0 Å². The molecule has 0 bridgehead atoms. The topological polar surface area (TPSA) is 20.2 Å². The van der Waals surface area contributed by atoms with Crippen LogP contribution in [-0.2, 0) is 0 Å².